The van der Waals surface area contributed by atoms with E-state index in [0.717, 1.165) is 32.5 Å². The molecule has 0 heterocycles. The molecule has 0 amide bonds. The SMILES string of the molecule is CCN(CC)CC1(NS(=O)(=O)c2ccc(OC)c(Cl)c2)CC1. The second-order valence-corrected chi connectivity index (χ2v) is 7.73. The van der Waals surface area contributed by atoms with E-state index in [9.17, 15) is 8.42 Å². The molecular formula is C15H23ClN2O3S. The van der Waals surface area contributed by atoms with Gasteiger partial charge in [0.1, 0.15) is 5.75 Å². The molecule has 0 atom stereocenters. The Morgan fingerprint density at radius 3 is 2.41 bits per heavy atom. The third-order valence-electron chi connectivity index (χ3n) is 4.06. The topological polar surface area (TPSA) is 58.6 Å². The Hall–Kier alpha value is -0.820. The van der Waals surface area contributed by atoms with E-state index >= 15 is 0 Å². The third-order valence-corrected chi connectivity index (χ3v) is 5.93. The molecule has 1 N–H and O–H groups in total. The van der Waals surface area contributed by atoms with Gasteiger partial charge in [0, 0.05) is 12.1 Å². The quantitative estimate of drug-likeness (QED) is 0.785. The van der Waals surface area contributed by atoms with Crippen molar-refractivity contribution in [1.82, 2.24) is 9.62 Å². The predicted octanol–water partition coefficient (Wildman–Crippen LogP) is 2.50. The van der Waals surface area contributed by atoms with Crippen LogP contribution in [0.2, 0.25) is 5.02 Å². The number of ether oxygens (including phenoxy) is 1. The molecule has 22 heavy (non-hydrogen) atoms. The normalized spacial score (nSPS) is 16.8. The van der Waals surface area contributed by atoms with Crippen molar-refractivity contribution in [3.05, 3.63) is 23.2 Å². The lowest BCUT2D eigenvalue weighted by Crippen LogP contribution is -2.45. The van der Waals surface area contributed by atoms with Crippen LogP contribution in [0.4, 0.5) is 0 Å². The summed E-state index contributed by atoms with van der Waals surface area (Å²) in [5, 5.41) is 0.291. The van der Waals surface area contributed by atoms with Crippen molar-refractivity contribution < 1.29 is 13.2 Å². The van der Waals surface area contributed by atoms with Crippen molar-refractivity contribution in [3.63, 3.8) is 0 Å². The summed E-state index contributed by atoms with van der Waals surface area (Å²) in [7, 11) is -2.08. The number of benzene rings is 1. The molecule has 1 saturated carbocycles. The van der Waals surface area contributed by atoms with E-state index in [0.29, 0.717) is 10.8 Å². The molecule has 1 aromatic rings. The van der Waals surface area contributed by atoms with Crippen LogP contribution in [0.25, 0.3) is 0 Å². The summed E-state index contributed by atoms with van der Waals surface area (Å²) in [6.45, 7) is 6.72. The van der Waals surface area contributed by atoms with Gasteiger partial charge >= 0.3 is 0 Å². The van der Waals surface area contributed by atoms with Gasteiger partial charge in [0.25, 0.3) is 0 Å². The molecular weight excluding hydrogens is 324 g/mol. The van der Waals surface area contributed by atoms with Crippen molar-refractivity contribution in [3.8, 4) is 5.75 Å². The van der Waals surface area contributed by atoms with Crippen LogP contribution in [0, 0.1) is 0 Å². The van der Waals surface area contributed by atoms with E-state index < -0.39 is 10.0 Å². The van der Waals surface area contributed by atoms with Gasteiger partial charge in [-0.1, -0.05) is 25.4 Å². The molecule has 1 aromatic carbocycles. The molecule has 2 rings (SSSR count). The lowest BCUT2D eigenvalue weighted by atomic mass is 10.2. The summed E-state index contributed by atoms with van der Waals surface area (Å²) in [4.78, 5) is 2.40. The average Bonchev–Trinajstić information content (AvgIpc) is 3.23. The van der Waals surface area contributed by atoms with Gasteiger partial charge in [-0.2, -0.15) is 0 Å². The molecule has 0 saturated heterocycles. The summed E-state index contributed by atoms with van der Waals surface area (Å²) in [6, 6.07) is 4.51. The lowest BCUT2D eigenvalue weighted by Gasteiger charge is -2.25. The fraction of sp³-hybridized carbons (Fsp3) is 0.600. The monoisotopic (exact) mass is 346 g/mol. The summed E-state index contributed by atoms with van der Waals surface area (Å²) in [6.07, 6.45) is 1.74. The van der Waals surface area contributed by atoms with Crippen LogP contribution < -0.4 is 9.46 Å². The van der Waals surface area contributed by atoms with Gasteiger partial charge < -0.3 is 9.64 Å². The van der Waals surface area contributed by atoms with E-state index in [2.05, 4.69) is 23.5 Å². The van der Waals surface area contributed by atoms with Gasteiger partial charge in [-0.05, 0) is 44.1 Å². The Morgan fingerprint density at radius 1 is 1.32 bits per heavy atom. The fourth-order valence-electron chi connectivity index (χ4n) is 2.48. The zero-order valence-corrected chi connectivity index (χ0v) is 14.8. The van der Waals surface area contributed by atoms with E-state index in [1.165, 1.54) is 19.2 Å². The summed E-state index contributed by atoms with van der Waals surface area (Å²) in [5.41, 5.74) is -0.336. The van der Waals surface area contributed by atoms with E-state index in [-0.39, 0.29) is 10.4 Å². The van der Waals surface area contributed by atoms with Gasteiger partial charge in [0.05, 0.1) is 17.0 Å². The van der Waals surface area contributed by atoms with Crippen LogP contribution in [-0.4, -0.2) is 45.6 Å². The number of nitrogens with one attached hydrogen (secondary N) is 1. The zero-order chi connectivity index (χ0) is 16.4. The molecule has 124 valence electrons. The predicted molar refractivity (Wildman–Crippen MR) is 88.1 cm³/mol. The van der Waals surface area contributed by atoms with Crippen molar-refractivity contribution >= 4 is 21.6 Å². The van der Waals surface area contributed by atoms with E-state index in [1.807, 2.05) is 0 Å². The Kier molecular flexibility index (Phi) is 5.37. The van der Waals surface area contributed by atoms with Crippen LogP contribution in [0.5, 0.6) is 5.75 Å². The Bertz CT molecular complexity index is 626. The minimum atomic E-state index is -3.58. The minimum absolute atomic E-state index is 0.170. The lowest BCUT2D eigenvalue weighted by molar-refractivity contribution is 0.268. The molecule has 7 heteroatoms. The maximum absolute atomic E-state index is 12.6. The van der Waals surface area contributed by atoms with Crippen LogP contribution in [0.15, 0.2) is 23.1 Å². The van der Waals surface area contributed by atoms with Crippen molar-refractivity contribution in [2.45, 2.75) is 37.1 Å². The van der Waals surface area contributed by atoms with Crippen LogP contribution in [0.1, 0.15) is 26.7 Å². The summed E-state index contributed by atoms with van der Waals surface area (Å²) < 4.78 is 33.0. The molecule has 0 aliphatic heterocycles. The first-order chi connectivity index (χ1) is 10.4. The Morgan fingerprint density at radius 2 is 1.95 bits per heavy atom. The smallest absolute Gasteiger partial charge is 0.241 e. The van der Waals surface area contributed by atoms with Gasteiger partial charge in [0.15, 0.2) is 0 Å². The van der Waals surface area contributed by atoms with Crippen molar-refractivity contribution in [1.29, 1.82) is 0 Å². The highest BCUT2D eigenvalue weighted by Gasteiger charge is 2.46. The van der Waals surface area contributed by atoms with Crippen molar-refractivity contribution in [2.75, 3.05) is 26.7 Å². The van der Waals surface area contributed by atoms with Crippen LogP contribution in [0.3, 0.4) is 0 Å². The second-order valence-electron chi connectivity index (χ2n) is 5.64. The summed E-state index contributed by atoms with van der Waals surface area (Å²) >= 11 is 6.03. The van der Waals surface area contributed by atoms with Gasteiger partial charge in [-0.15, -0.1) is 0 Å². The Labute approximate surface area is 137 Å². The zero-order valence-electron chi connectivity index (χ0n) is 13.2. The molecule has 0 unspecified atom stereocenters. The maximum atomic E-state index is 12.6. The molecule has 1 aliphatic carbocycles. The first-order valence-corrected chi connectivity index (χ1v) is 9.32. The van der Waals surface area contributed by atoms with Gasteiger partial charge in [0.2, 0.25) is 10.0 Å². The molecule has 0 bridgehead atoms. The molecule has 5 nitrogen and oxygen atoms in total. The molecule has 1 fully saturated rings. The highest BCUT2D eigenvalue weighted by molar-refractivity contribution is 7.89. The first-order valence-electron chi connectivity index (χ1n) is 7.45. The summed E-state index contributed by atoms with van der Waals surface area (Å²) in [5.74, 6) is 0.463. The maximum Gasteiger partial charge on any atom is 0.241 e. The Balaban J connectivity index is 2.16. The fourth-order valence-corrected chi connectivity index (χ4v) is 4.28. The molecule has 0 radical (unpaired) electrons. The first kappa shape index (κ1) is 17.5. The van der Waals surface area contributed by atoms with E-state index in [4.69, 9.17) is 16.3 Å². The van der Waals surface area contributed by atoms with Gasteiger partial charge in [-0.25, -0.2) is 13.1 Å². The number of likely N-dealkylation sites (N-methyl/N-ethyl adjacent to an activating group) is 1. The number of halogens is 1. The average molecular weight is 347 g/mol. The van der Waals surface area contributed by atoms with Crippen LogP contribution >= 0.6 is 11.6 Å². The second kappa shape index (κ2) is 6.74. The number of methoxy groups -OCH3 is 1. The van der Waals surface area contributed by atoms with Gasteiger partial charge in [-0.3, -0.25) is 0 Å². The largest absolute Gasteiger partial charge is 0.495 e. The number of hydrogen-bond acceptors (Lipinski definition) is 4. The highest BCUT2D eigenvalue weighted by Crippen LogP contribution is 2.38. The van der Waals surface area contributed by atoms with E-state index in [1.54, 1.807) is 6.07 Å². The number of nitrogens with zero attached hydrogens (tertiary/aromatic N) is 1. The molecule has 1 aliphatic rings. The van der Waals surface area contributed by atoms with Crippen LogP contribution in [-0.2, 0) is 10.0 Å². The number of rotatable bonds is 8. The molecule has 0 aromatic heterocycles. The third kappa shape index (κ3) is 3.93. The molecule has 0 spiro atoms. The highest BCUT2D eigenvalue weighted by atomic mass is 35.5. The van der Waals surface area contributed by atoms with Crippen molar-refractivity contribution in [2.24, 2.45) is 0 Å². The number of sulfonamides is 1. The standard InChI is InChI=1S/C15H23ClN2O3S/c1-4-18(5-2)11-15(8-9-15)17-22(19,20)12-6-7-14(21-3)13(16)10-12/h6-7,10,17H,4-5,8-9,11H2,1-3H3. The minimum Gasteiger partial charge on any atom is -0.495 e. The number of hydrogen-bond donors (Lipinski definition) is 1.